The summed E-state index contributed by atoms with van der Waals surface area (Å²) in [5.41, 5.74) is 2.44. The molecule has 1 aromatic heterocycles. The maximum atomic E-state index is 9.74. The summed E-state index contributed by atoms with van der Waals surface area (Å²) < 4.78 is 6.87. The van der Waals surface area contributed by atoms with Gasteiger partial charge in [0.05, 0.1) is 12.2 Å². The molecule has 0 saturated carbocycles. The predicted octanol–water partition coefficient (Wildman–Crippen LogP) is 1.66. The number of hydrogen-bond donors (Lipinski definition) is 1. The number of ether oxygens (including phenoxy) is 1. The number of aromatic nitrogens is 3. The van der Waals surface area contributed by atoms with E-state index in [1.807, 2.05) is 44.2 Å². The van der Waals surface area contributed by atoms with Crippen LogP contribution in [0.4, 0.5) is 0 Å². The van der Waals surface area contributed by atoms with Crippen LogP contribution in [0.3, 0.4) is 0 Å². The molecule has 1 N–H and O–H groups in total. The summed E-state index contributed by atoms with van der Waals surface area (Å²) in [4.78, 5) is 0. The Kier molecular flexibility index (Phi) is 4.07. The number of nitrogens with zero attached hydrogens (tertiary/aromatic N) is 3. The van der Waals surface area contributed by atoms with Gasteiger partial charge in [-0.3, -0.25) is 0 Å². The number of hydrogen-bond acceptors (Lipinski definition) is 4. The Morgan fingerprint density at radius 2 is 2.06 bits per heavy atom. The highest BCUT2D eigenvalue weighted by Crippen LogP contribution is 2.16. The van der Waals surface area contributed by atoms with Crippen molar-refractivity contribution in [2.45, 2.75) is 26.7 Å². The van der Waals surface area contributed by atoms with E-state index in [9.17, 15) is 5.11 Å². The summed E-state index contributed by atoms with van der Waals surface area (Å²) in [5.74, 6) is 0. The van der Waals surface area contributed by atoms with Crippen molar-refractivity contribution in [2.75, 3.05) is 6.61 Å². The Morgan fingerprint density at radius 1 is 1.33 bits per heavy atom. The van der Waals surface area contributed by atoms with E-state index in [1.165, 1.54) is 0 Å². The predicted molar refractivity (Wildman–Crippen MR) is 66.9 cm³/mol. The Bertz CT molecular complexity index is 496. The lowest BCUT2D eigenvalue weighted by molar-refractivity contribution is -0.101. The van der Waals surface area contributed by atoms with Crippen molar-refractivity contribution in [1.29, 1.82) is 0 Å². The van der Waals surface area contributed by atoms with Gasteiger partial charge in [-0.25, -0.2) is 4.68 Å². The molecule has 2 rings (SSSR count). The zero-order valence-electron chi connectivity index (χ0n) is 10.6. The summed E-state index contributed by atoms with van der Waals surface area (Å²) >= 11 is 0. The van der Waals surface area contributed by atoms with Gasteiger partial charge in [0.15, 0.2) is 0 Å². The van der Waals surface area contributed by atoms with Crippen molar-refractivity contribution in [3.63, 3.8) is 0 Å². The van der Waals surface area contributed by atoms with E-state index in [1.54, 1.807) is 4.68 Å². The lowest BCUT2D eigenvalue weighted by Gasteiger charge is -2.08. The fraction of sp³-hybridized carbons (Fsp3) is 0.385. The number of aliphatic hydroxyl groups excluding tert-OH is 1. The van der Waals surface area contributed by atoms with Crippen molar-refractivity contribution in [3.05, 3.63) is 47.3 Å². The van der Waals surface area contributed by atoms with Crippen LogP contribution >= 0.6 is 0 Å². The molecule has 1 unspecified atom stereocenters. The molecule has 0 bridgehead atoms. The first-order valence-corrected chi connectivity index (χ1v) is 5.96. The van der Waals surface area contributed by atoms with Gasteiger partial charge in [-0.2, -0.15) is 0 Å². The number of benzene rings is 1. The van der Waals surface area contributed by atoms with E-state index in [2.05, 4.69) is 10.3 Å². The van der Waals surface area contributed by atoms with E-state index in [4.69, 9.17) is 4.74 Å². The molecule has 1 atom stereocenters. The first-order chi connectivity index (χ1) is 8.72. The van der Waals surface area contributed by atoms with Gasteiger partial charge < -0.3 is 9.84 Å². The van der Waals surface area contributed by atoms with Gasteiger partial charge >= 0.3 is 0 Å². The lowest BCUT2D eigenvalue weighted by atomic mass is 10.2. The third-order valence-corrected chi connectivity index (χ3v) is 2.75. The second kappa shape index (κ2) is 5.75. The highest BCUT2D eigenvalue weighted by Gasteiger charge is 2.17. The van der Waals surface area contributed by atoms with Crippen LogP contribution in [-0.2, 0) is 11.3 Å². The average Bonchev–Trinajstić information content (AvgIpc) is 2.73. The van der Waals surface area contributed by atoms with E-state index >= 15 is 0 Å². The average molecular weight is 247 g/mol. The van der Waals surface area contributed by atoms with Crippen LogP contribution in [-0.4, -0.2) is 26.7 Å². The highest BCUT2D eigenvalue weighted by atomic mass is 16.6. The molecule has 0 radical (unpaired) electrons. The van der Waals surface area contributed by atoms with Gasteiger partial charge in [0.25, 0.3) is 0 Å². The molecular formula is C13H17N3O2. The van der Waals surface area contributed by atoms with Crippen LogP contribution in [0.2, 0.25) is 0 Å². The minimum atomic E-state index is -1.00. The highest BCUT2D eigenvalue weighted by molar-refractivity contribution is 5.17. The minimum absolute atomic E-state index is 0.437. The maximum Gasteiger partial charge on any atom is 0.202 e. The maximum absolute atomic E-state index is 9.74. The molecular weight excluding hydrogens is 230 g/mol. The fourth-order valence-corrected chi connectivity index (χ4v) is 1.75. The van der Waals surface area contributed by atoms with Gasteiger partial charge in [0.2, 0.25) is 6.29 Å². The first kappa shape index (κ1) is 12.7. The Balaban J connectivity index is 2.16. The van der Waals surface area contributed by atoms with Crippen LogP contribution < -0.4 is 0 Å². The molecule has 2 aromatic rings. The van der Waals surface area contributed by atoms with Crippen LogP contribution in [0.5, 0.6) is 0 Å². The molecule has 0 aliphatic rings. The SMILES string of the molecule is CCOC(O)c1nnn(Cc2ccccc2)c1C. The van der Waals surface area contributed by atoms with Crippen molar-refractivity contribution >= 4 is 0 Å². The van der Waals surface area contributed by atoms with E-state index in [-0.39, 0.29) is 0 Å². The van der Waals surface area contributed by atoms with Crippen molar-refractivity contribution in [1.82, 2.24) is 15.0 Å². The van der Waals surface area contributed by atoms with Gasteiger partial charge in [-0.1, -0.05) is 35.5 Å². The Morgan fingerprint density at radius 3 is 2.72 bits per heavy atom. The molecule has 0 aliphatic heterocycles. The van der Waals surface area contributed by atoms with Crippen LogP contribution in [0.25, 0.3) is 0 Å². The monoisotopic (exact) mass is 247 g/mol. The normalized spacial score (nSPS) is 12.6. The number of aliphatic hydroxyl groups is 1. The van der Waals surface area contributed by atoms with Crippen molar-refractivity contribution < 1.29 is 9.84 Å². The quantitative estimate of drug-likeness (QED) is 0.816. The van der Waals surface area contributed by atoms with Crippen molar-refractivity contribution in [3.8, 4) is 0 Å². The zero-order valence-corrected chi connectivity index (χ0v) is 10.6. The topological polar surface area (TPSA) is 60.2 Å². The Hall–Kier alpha value is -1.72. The largest absolute Gasteiger partial charge is 0.363 e. The molecule has 1 heterocycles. The molecule has 0 spiro atoms. The summed E-state index contributed by atoms with van der Waals surface area (Å²) in [6, 6.07) is 10.00. The van der Waals surface area contributed by atoms with Gasteiger partial charge in [0, 0.05) is 6.61 Å². The minimum Gasteiger partial charge on any atom is -0.363 e. The molecule has 18 heavy (non-hydrogen) atoms. The summed E-state index contributed by atoms with van der Waals surface area (Å²) in [6.45, 7) is 4.78. The molecule has 5 heteroatoms. The standard InChI is InChI=1S/C13H17N3O2/c1-3-18-13(17)12-10(2)16(15-14-12)9-11-7-5-4-6-8-11/h4-8,13,17H,3,9H2,1-2H3. The van der Waals surface area contributed by atoms with Crippen LogP contribution in [0.1, 0.15) is 30.2 Å². The molecule has 96 valence electrons. The third kappa shape index (κ3) is 2.75. The van der Waals surface area contributed by atoms with Crippen LogP contribution in [0, 0.1) is 6.92 Å². The summed E-state index contributed by atoms with van der Waals surface area (Å²) in [6.07, 6.45) is -1.00. The van der Waals surface area contributed by atoms with E-state index in [0.29, 0.717) is 18.8 Å². The zero-order chi connectivity index (χ0) is 13.0. The fourth-order valence-electron chi connectivity index (χ4n) is 1.75. The van der Waals surface area contributed by atoms with Crippen molar-refractivity contribution in [2.24, 2.45) is 0 Å². The molecule has 5 nitrogen and oxygen atoms in total. The van der Waals surface area contributed by atoms with Gasteiger partial charge in [0.1, 0.15) is 5.69 Å². The molecule has 0 saturated heterocycles. The molecule has 0 amide bonds. The second-order valence-electron chi connectivity index (χ2n) is 4.01. The van der Waals surface area contributed by atoms with Gasteiger partial charge in [-0.15, -0.1) is 5.10 Å². The molecule has 1 aromatic carbocycles. The number of rotatable bonds is 5. The smallest absolute Gasteiger partial charge is 0.202 e. The summed E-state index contributed by atoms with van der Waals surface area (Å²) in [7, 11) is 0. The van der Waals surface area contributed by atoms with Crippen LogP contribution in [0.15, 0.2) is 30.3 Å². The van der Waals surface area contributed by atoms with Gasteiger partial charge in [-0.05, 0) is 19.4 Å². The summed E-state index contributed by atoms with van der Waals surface area (Å²) in [5, 5.41) is 17.8. The van der Waals surface area contributed by atoms with E-state index in [0.717, 1.165) is 11.3 Å². The molecule has 0 aliphatic carbocycles. The second-order valence-corrected chi connectivity index (χ2v) is 4.01. The molecule has 0 fully saturated rings. The lowest BCUT2D eigenvalue weighted by Crippen LogP contribution is -2.07. The van der Waals surface area contributed by atoms with E-state index < -0.39 is 6.29 Å². The first-order valence-electron chi connectivity index (χ1n) is 5.96. The third-order valence-electron chi connectivity index (χ3n) is 2.75. The Labute approximate surface area is 106 Å².